The van der Waals surface area contributed by atoms with Crippen molar-refractivity contribution in [3.05, 3.63) is 83.4 Å². The van der Waals surface area contributed by atoms with Gasteiger partial charge in [0.2, 0.25) is 0 Å². The van der Waals surface area contributed by atoms with Crippen LogP contribution in [0.15, 0.2) is 61.1 Å². The van der Waals surface area contributed by atoms with Crippen molar-refractivity contribution >= 4 is 11.9 Å². The number of rotatable bonds is 9. The maximum absolute atomic E-state index is 14.0. The largest absolute Gasteiger partial charge is 0.493 e. The van der Waals surface area contributed by atoms with Gasteiger partial charge in [-0.15, -0.1) is 0 Å². The summed E-state index contributed by atoms with van der Waals surface area (Å²) in [5.74, 6) is -0.488. The van der Waals surface area contributed by atoms with Gasteiger partial charge in [-0.05, 0) is 30.0 Å². The molecule has 1 saturated carbocycles. The second-order valence-corrected chi connectivity index (χ2v) is 9.58. The van der Waals surface area contributed by atoms with Crippen molar-refractivity contribution in [3.8, 4) is 11.5 Å². The molecule has 198 valence electrons. The lowest BCUT2D eigenvalue weighted by atomic mass is 9.91. The summed E-state index contributed by atoms with van der Waals surface area (Å²) in [6.45, 7) is 0.264. The molecule has 2 heterocycles. The Labute approximate surface area is 221 Å². The van der Waals surface area contributed by atoms with Gasteiger partial charge in [0, 0.05) is 30.9 Å². The number of aliphatic carboxylic acids is 1. The fraction of sp³-hybridized carbons (Fsp3) is 0.379. The van der Waals surface area contributed by atoms with Crippen molar-refractivity contribution in [3.63, 3.8) is 0 Å². The van der Waals surface area contributed by atoms with Crippen molar-refractivity contribution < 1.29 is 28.9 Å². The molecule has 0 spiro atoms. The van der Waals surface area contributed by atoms with E-state index >= 15 is 0 Å². The van der Waals surface area contributed by atoms with Crippen LogP contribution in [0.2, 0.25) is 0 Å². The van der Waals surface area contributed by atoms with Crippen LogP contribution in [0.4, 0.5) is 0 Å². The van der Waals surface area contributed by atoms with Gasteiger partial charge < -0.3 is 24.2 Å². The Morgan fingerprint density at radius 2 is 1.89 bits per heavy atom. The van der Waals surface area contributed by atoms with Crippen LogP contribution in [0.3, 0.4) is 0 Å². The first-order valence-corrected chi connectivity index (χ1v) is 12.8. The monoisotopic (exact) mass is 517 g/mol. The molecule has 1 aliphatic carbocycles. The Morgan fingerprint density at radius 1 is 1.11 bits per heavy atom. The fourth-order valence-corrected chi connectivity index (χ4v) is 5.21. The number of hydrogen-bond donors (Lipinski definition) is 1. The smallest absolute Gasteiger partial charge is 0.326 e. The van der Waals surface area contributed by atoms with E-state index in [-0.39, 0.29) is 31.6 Å². The number of carbonyl (C=O) groups excluding carboxylic acids is 1. The number of methoxy groups -OCH3 is 1. The summed E-state index contributed by atoms with van der Waals surface area (Å²) in [5.41, 5.74) is 2.86. The molecule has 1 aromatic heterocycles. The molecule has 1 amide bonds. The zero-order chi connectivity index (χ0) is 26.5. The fourth-order valence-electron chi connectivity index (χ4n) is 5.21. The molecule has 9 heteroatoms. The number of carbonyl (C=O) groups is 2. The minimum atomic E-state index is -1.08. The molecule has 0 saturated heterocycles. The third-order valence-corrected chi connectivity index (χ3v) is 7.16. The van der Waals surface area contributed by atoms with Gasteiger partial charge in [0.05, 0.1) is 25.1 Å². The molecule has 1 aliphatic heterocycles. The van der Waals surface area contributed by atoms with Crippen LogP contribution in [0.5, 0.6) is 11.5 Å². The van der Waals surface area contributed by atoms with E-state index in [0.717, 1.165) is 36.8 Å². The molecule has 38 heavy (non-hydrogen) atoms. The summed E-state index contributed by atoms with van der Waals surface area (Å²) in [6, 6.07) is 11.9. The predicted molar refractivity (Wildman–Crippen MR) is 138 cm³/mol. The number of nitrogens with zero attached hydrogens (tertiary/aromatic N) is 3. The lowest BCUT2D eigenvalue weighted by Crippen LogP contribution is -2.50. The molecular formula is C29H31N3O6. The molecule has 9 nitrogen and oxygen atoms in total. The molecule has 0 unspecified atom stereocenters. The number of aromatic nitrogens is 2. The highest BCUT2D eigenvalue weighted by atomic mass is 16.5. The number of carboxylic acids is 1. The van der Waals surface area contributed by atoms with E-state index in [0.29, 0.717) is 22.8 Å². The maximum Gasteiger partial charge on any atom is 0.326 e. The highest BCUT2D eigenvalue weighted by Gasteiger charge is 2.41. The van der Waals surface area contributed by atoms with Gasteiger partial charge in [-0.2, -0.15) is 0 Å². The lowest BCUT2D eigenvalue weighted by molar-refractivity contribution is -0.160. The molecule has 3 aromatic rings. The summed E-state index contributed by atoms with van der Waals surface area (Å²) in [6.07, 6.45) is 7.88. The van der Waals surface area contributed by atoms with E-state index in [2.05, 4.69) is 9.97 Å². The number of hydrogen-bond acceptors (Lipinski definition) is 7. The van der Waals surface area contributed by atoms with E-state index in [9.17, 15) is 14.7 Å². The van der Waals surface area contributed by atoms with E-state index in [1.807, 2.05) is 36.4 Å². The minimum Gasteiger partial charge on any atom is -0.493 e. The van der Waals surface area contributed by atoms with Crippen LogP contribution in [0, 0.1) is 0 Å². The molecule has 2 aromatic carbocycles. The van der Waals surface area contributed by atoms with Crippen LogP contribution < -0.4 is 9.47 Å². The molecule has 2 atom stereocenters. The van der Waals surface area contributed by atoms with E-state index in [1.54, 1.807) is 24.7 Å². The lowest BCUT2D eigenvalue weighted by Gasteiger charge is -2.37. The normalized spacial score (nSPS) is 18.0. The predicted octanol–water partition coefficient (Wildman–Crippen LogP) is 4.10. The second-order valence-electron chi connectivity index (χ2n) is 9.58. The van der Waals surface area contributed by atoms with Gasteiger partial charge in [0.1, 0.15) is 12.6 Å². The van der Waals surface area contributed by atoms with Gasteiger partial charge in [0.25, 0.3) is 5.91 Å². The van der Waals surface area contributed by atoms with Crippen LogP contribution in [0.25, 0.3) is 0 Å². The summed E-state index contributed by atoms with van der Waals surface area (Å²) in [7, 11) is 1.54. The Balaban J connectivity index is 1.46. The molecule has 0 bridgehead atoms. The molecule has 2 aliphatic rings. The summed E-state index contributed by atoms with van der Waals surface area (Å²) >= 11 is 0. The number of ether oxygens (including phenoxy) is 3. The molecule has 1 fully saturated rings. The third kappa shape index (κ3) is 5.47. The Kier molecular flexibility index (Phi) is 7.83. The summed E-state index contributed by atoms with van der Waals surface area (Å²) < 4.78 is 18.0. The topological polar surface area (TPSA) is 111 Å². The highest BCUT2D eigenvalue weighted by Crippen LogP contribution is 2.40. The van der Waals surface area contributed by atoms with Crippen LogP contribution in [-0.2, 0) is 33.9 Å². The molecule has 1 N–H and O–H groups in total. The number of carboxylic acid groups (broad SMARTS) is 1. The number of amides is 1. The summed E-state index contributed by atoms with van der Waals surface area (Å²) in [5, 5.41) is 10.2. The van der Waals surface area contributed by atoms with Gasteiger partial charge in [-0.3, -0.25) is 14.8 Å². The first kappa shape index (κ1) is 25.7. The second kappa shape index (κ2) is 11.6. The van der Waals surface area contributed by atoms with Crippen LogP contribution >= 0.6 is 0 Å². The van der Waals surface area contributed by atoms with Crippen molar-refractivity contribution in [2.45, 2.75) is 63.5 Å². The van der Waals surface area contributed by atoms with E-state index < -0.39 is 18.1 Å². The quantitative estimate of drug-likeness (QED) is 0.452. The number of benzene rings is 2. The van der Waals surface area contributed by atoms with E-state index in [1.165, 1.54) is 12.0 Å². The van der Waals surface area contributed by atoms with E-state index in [4.69, 9.17) is 14.2 Å². The zero-order valence-electron chi connectivity index (χ0n) is 21.3. The average Bonchev–Trinajstić information content (AvgIpc) is 3.48. The summed E-state index contributed by atoms with van der Waals surface area (Å²) in [4.78, 5) is 36.2. The Hall–Kier alpha value is -3.98. The van der Waals surface area contributed by atoms with Gasteiger partial charge in [0.15, 0.2) is 17.6 Å². The Morgan fingerprint density at radius 3 is 2.58 bits per heavy atom. The third-order valence-electron chi connectivity index (χ3n) is 7.16. The average molecular weight is 518 g/mol. The van der Waals surface area contributed by atoms with Crippen LogP contribution in [0.1, 0.15) is 54.2 Å². The Bertz CT molecular complexity index is 1260. The van der Waals surface area contributed by atoms with Gasteiger partial charge in [-0.25, -0.2) is 4.79 Å². The highest BCUT2D eigenvalue weighted by molar-refractivity contribution is 5.88. The van der Waals surface area contributed by atoms with Crippen molar-refractivity contribution in [2.24, 2.45) is 0 Å². The van der Waals surface area contributed by atoms with Crippen LogP contribution in [-0.4, -0.2) is 51.1 Å². The first-order valence-electron chi connectivity index (χ1n) is 12.8. The van der Waals surface area contributed by atoms with Crippen molar-refractivity contribution in [1.29, 1.82) is 0 Å². The molecular weight excluding hydrogens is 486 g/mol. The number of fused-ring (bicyclic) bond motifs is 1. The first-order chi connectivity index (χ1) is 18.5. The molecule has 0 radical (unpaired) electrons. The van der Waals surface area contributed by atoms with Gasteiger partial charge >= 0.3 is 5.97 Å². The SMILES string of the molecule is COc1ccc2c(c1OCc1cnccn1)C[C@@H](C(=O)O)N(C(=O)[C@H](OC1CCCC1)c1ccccc1)C2. The van der Waals surface area contributed by atoms with Crippen molar-refractivity contribution in [1.82, 2.24) is 14.9 Å². The standard InChI is InChI=1S/C29H31N3O6/c1-36-25-12-11-20-17-32(28(33)26(19-7-3-2-4-8-19)38-22-9-5-6-10-22)24(29(34)35)15-23(20)27(25)37-18-21-16-30-13-14-31-21/h2-4,7-8,11-14,16,22,24,26H,5-6,9-10,15,17-18H2,1H3,(H,34,35)/t24-,26+/m0/s1. The molecule has 5 rings (SSSR count). The van der Waals surface area contributed by atoms with Crippen molar-refractivity contribution in [2.75, 3.05) is 7.11 Å². The zero-order valence-corrected chi connectivity index (χ0v) is 21.3. The maximum atomic E-state index is 14.0. The minimum absolute atomic E-state index is 0.0186. The van der Waals surface area contributed by atoms with Gasteiger partial charge in [-0.1, -0.05) is 49.2 Å².